The Morgan fingerprint density at radius 1 is 1.14 bits per heavy atom. The van der Waals surface area contributed by atoms with E-state index in [1.54, 1.807) is 30.6 Å². The molecular weight excluding hydrogens is 374 g/mol. The van der Waals surface area contributed by atoms with E-state index in [2.05, 4.69) is 9.97 Å². The van der Waals surface area contributed by atoms with E-state index in [4.69, 9.17) is 0 Å². The van der Waals surface area contributed by atoms with Crippen LogP contribution in [0.25, 0.3) is 5.76 Å². The molecule has 0 bridgehead atoms. The van der Waals surface area contributed by atoms with Crippen molar-refractivity contribution < 1.29 is 14.7 Å². The maximum Gasteiger partial charge on any atom is 0.295 e. The maximum absolute atomic E-state index is 12.9. The molecule has 1 aliphatic heterocycles. The SMILES string of the molecule is Cc1ccsc1C1/C(=C(/O)c2ccncc2)C(=O)C(=O)N1Cc1cccnc1. The van der Waals surface area contributed by atoms with Crippen molar-refractivity contribution in [3.63, 3.8) is 0 Å². The molecule has 28 heavy (non-hydrogen) atoms. The zero-order chi connectivity index (χ0) is 19.7. The van der Waals surface area contributed by atoms with E-state index in [1.165, 1.54) is 28.6 Å². The van der Waals surface area contributed by atoms with E-state index in [1.807, 2.05) is 24.4 Å². The lowest BCUT2D eigenvalue weighted by atomic mass is 9.98. The molecule has 0 aliphatic carbocycles. The number of thiophene rings is 1. The van der Waals surface area contributed by atoms with E-state index in [0.717, 1.165) is 16.0 Å². The van der Waals surface area contributed by atoms with E-state index in [-0.39, 0.29) is 17.9 Å². The van der Waals surface area contributed by atoms with Crippen LogP contribution >= 0.6 is 11.3 Å². The summed E-state index contributed by atoms with van der Waals surface area (Å²) in [6.07, 6.45) is 6.39. The van der Waals surface area contributed by atoms with Crippen molar-refractivity contribution in [1.82, 2.24) is 14.9 Å². The summed E-state index contributed by atoms with van der Waals surface area (Å²) in [5.74, 6) is -1.50. The monoisotopic (exact) mass is 391 g/mol. The number of hydrogen-bond donors (Lipinski definition) is 1. The van der Waals surface area contributed by atoms with Crippen LogP contribution in [0.5, 0.6) is 0 Å². The van der Waals surface area contributed by atoms with Gasteiger partial charge >= 0.3 is 0 Å². The van der Waals surface area contributed by atoms with Crippen LogP contribution in [-0.4, -0.2) is 31.7 Å². The molecule has 0 saturated carbocycles. The smallest absolute Gasteiger partial charge is 0.295 e. The predicted octanol–water partition coefficient (Wildman–Crippen LogP) is 3.47. The highest BCUT2D eigenvalue weighted by atomic mass is 32.1. The van der Waals surface area contributed by atoms with Crippen LogP contribution in [0.3, 0.4) is 0 Å². The second-order valence-corrected chi connectivity index (χ2v) is 7.44. The number of likely N-dealkylation sites (tertiary alicyclic amines) is 1. The van der Waals surface area contributed by atoms with Crippen molar-refractivity contribution in [3.8, 4) is 0 Å². The molecule has 1 amide bonds. The predicted molar refractivity (Wildman–Crippen MR) is 105 cm³/mol. The Hall–Kier alpha value is -3.32. The lowest BCUT2D eigenvalue weighted by Crippen LogP contribution is -2.29. The molecule has 6 nitrogen and oxygen atoms in total. The first-order valence-corrected chi connectivity index (χ1v) is 9.57. The van der Waals surface area contributed by atoms with Gasteiger partial charge in [0.05, 0.1) is 5.57 Å². The summed E-state index contributed by atoms with van der Waals surface area (Å²) in [6.45, 7) is 2.16. The Bertz CT molecular complexity index is 1060. The molecule has 0 aromatic carbocycles. The second-order valence-electron chi connectivity index (χ2n) is 6.49. The number of aliphatic hydroxyl groups excluding tert-OH is 1. The Kier molecular flexibility index (Phi) is 4.75. The first kappa shape index (κ1) is 18.1. The first-order chi connectivity index (χ1) is 13.6. The molecule has 0 spiro atoms. The largest absolute Gasteiger partial charge is 0.507 e. The number of Topliss-reactive ketones (excluding diaryl/α,β-unsaturated/α-hetero) is 1. The number of ketones is 1. The molecule has 1 N–H and O–H groups in total. The van der Waals surface area contributed by atoms with Gasteiger partial charge in [-0.05, 0) is 47.7 Å². The fourth-order valence-corrected chi connectivity index (χ4v) is 4.38. The third kappa shape index (κ3) is 3.10. The standard InChI is InChI=1S/C21H17N3O3S/c1-13-6-10-28-20(13)17-16(18(25)15-4-8-22-9-5-15)19(26)21(27)24(17)12-14-3-2-7-23-11-14/h2-11,17,25H,12H2,1H3/b18-16-. The van der Waals surface area contributed by atoms with Crippen LogP contribution in [0, 0.1) is 6.92 Å². The molecule has 1 fully saturated rings. The number of aromatic nitrogens is 2. The van der Waals surface area contributed by atoms with Crippen molar-refractivity contribution >= 4 is 28.8 Å². The molecule has 1 atom stereocenters. The van der Waals surface area contributed by atoms with Crippen molar-refractivity contribution in [1.29, 1.82) is 0 Å². The highest BCUT2D eigenvalue weighted by Crippen LogP contribution is 2.43. The average molecular weight is 391 g/mol. The Morgan fingerprint density at radius 3 is 2.57 bits per heavy atom. The minimum atomic E-state index is -0.684. The number of amides is 1. The number of pyridine rings is 2. The van der Waals surface area contributed by atoms with Gasteiger partial charge in [-0.15, -0.1) is 11.3 Å². The minimum absolute atomic E-state index is 0.102. The number of aliphatic hydroxyl groups is 1. The summed E-state index contributed by atoms with van der Waals surface area (Å²) >= 11 is 1.46. The summed E-state index contributed by atoms with van der Waals surface area (Å²) in [7, 11) is 0. The molecule has 1 aliphatic rings. The number of hydrogen-bond acceptors (Lipinski definition) is 6. The summed E-state index contributed by atoms with van der Waals surface area (Å²) in [5.41, 5.74) is 2.33. The van der Waals surface area contributed by atoms with Crippen LogP contribution in [0.2, 0.25) is 0 Å². The fourth-order valence-electron chi connectivity index (χ4n) is 3.33. The van der Waals surface area contributed by atoms with E-state index in [0.29, 0.717) is 5.56 Å². The molecule has 7 heteroatoms. The quantitative estimate of drug-likeness (QED) is 0.418. The van der Waals surface area contributed by atoms with E-state index >= 15 is 0 Å². The molecule has 1 saturated heterocycles. The highest BCUT2D eigenvalue weighted by molar-refractivity contribution is 7.10. The molecule has 3 aromatic rings. The number of rotatable bonds is 4. The maximum atomic E-state index is 12.9. The van der Waals surface area contributed by atoms with Gasteiger partial charge in [0.1, 0.15) is 11.8 Å². The van der Waals surface area contributed by atoms with Crippen LogP contribution < -0.4 is 0 Å². The lowest BCUT2D eigenvalue weighted by Gasteiger charge is -2.24. The summed E-state index contributed by atoms with van der Waals surface area (Å²) in [5, 5.41) is 12.8. The minimum Gasteiger partial charge on any atom is -0.507 e. The van der Waals surface area contributed by atoms with Gasteiger partial charge in [0, 0.05) is 41.8 Å². The Balaban J connectivity index is 1.87. The van der Waals surface area contributed by atoms with Gasteiger partial charge in [-0.2, -0.15) is 0 Å². The third-order valence-electron chi connectivity index (χ3n) is 4.72. The molecule has 4 heterocycles. The van der Waals surface area contributed by atoms with Gasteiger partial charge in [0.15, 0.2) is 0 Å². The number of nitrogens with zero attached hydrogens (tertiary/aromatic N) is 3. The topological polar surface area (TPSA) is 83.4 Å². The third-order valence-corrected chi connectivity index (χ3v) is 5.79. The van der Waals surface area contributed by atoms with Gasteiger partial charge in [-0.25, -0.2) is 0 Å². The first-order valence-electron chi connectivity index (χ1n) is 8.69. The average Bonchev–Trinajstić information content (AvgIpc) is 3.25. The van der Waals surface area contributed by atoms with Crippen LogP contribution in [0.4, 0.5) is 0 Å². The van der Waals surface area contributed by atoms with E-state index < -0.39 is 17.7 Å². The van der Waals surface area contributed by atoms with Crippen LogP contribution in [-0.2, 0) is 16.1 Å². The Morgan fingerprint density at radius 2 is 1.93 bits per heavy atom. The van der Waals surface area contributed by atoms with Gasteiger partial charge in [0.25, 0.3) is 11.7 Å². The zero-order valence-electron chi connectivity index (χ0n) is 15.1. The summed E-state index contributed by atoms with van der Waals surface area (Å²) < 4.78 is 0. The van der Waals surface area contributed by atoms with Crippen molar-refractivity contribution in [2.75, 3.05) is 0 Å². The molecular formula is C21H17N3O3S. The number of carbonyl (C=O) groups excluding carboxylic acids is 2. The lowest BCUT2D eigenvalue weighted by molar-refractivity contribution is -0.140. The molecule has 1 unspecified atom stereocenters. The molecule has 3 aromatic heterocycles. The normalized spacial score (nSPS) is 18.6. The molecule has 4 rings (SSSR count). The molecule has 0 radical (unpaired) electrons. The number of aryl methyl sites for hydroxylation is 1. The van der Waals surface area contributed by atoms with Gasteiger partial charge in [-0.3, -0.25) is 19.6 Å². The number of carbonyl (C=O) groups is 2. The Labute approximate surface area is 165 Å². The summed E-state index contributed by atoms with van der Waals surface area (Å²) in [4.78, 5) is 36.2. The fraction of sp³-hybridized carbons (Fsp3) is 0.143. The van der Waals surface area contributed by atoms with Crippen LogP contribution in [0.1, 0.15) is 27.6 Å². The van der Waals surface area contributed by atoms with E-state index in [9.17, 15) is 14.7 Å². The van der Waals surface area contributed by atoms with Crippen LogP contribution in [0.15, 0.2) is 66.1 Å². The van der Waals surface area contributed by atoms with Crippen molar-refractivity contribution in [2.45, 2.75) is 19.5 Å². The van der Waals surface area contributed by atoms with Crippen molar-refractivity contribution in [2.24, 2.45) is 0 Å². The summed E-state index contributed by atoms with van der Waals surface area (Å²) in [6, 6.07) is 8.16. The van der Waals surface area contributed by atoms with Gasteiger partial charge in [-0.1, -0.05) is 6.07 Å². The van der Waals surface area contributed by atoms with Gasteiger partial charge in [0.2, 0.25) is 0 Å². The zero-order valence-corrected chi connectivity index (χ0v) is 15.9. The van der Waals surface area contributed by atoms with Crippen molar-refractivity contribution in [3.05, 3.63) is 87.6 Å². The second kappa shape index (κ2) is 7.36. The van der Waals surface area contributed by atoms with Gasteiger partial charge < -0.3 is 10.0 Å². The highest BCUT2D eigenvalue weighted by Gasteiger charge is 2.47. The molecule has 140 valence electrons.